The Hall–Kier alpha value is -2.63. The molecule has 1 amide bonds. The van der Waals surface area contributed by atoms with Crippen LogP contribution in [-0.2, 0) is 9.59 Å². The average Bonchev–Trinajstić information content (AvgIpc) is 2.42. The Morgan fingerprint density at radius 3 is 2.89 bits per heavy atom. The molecule has 0 radical (unpaired) electrons. The molecule has 98 valence electrons. The van der Waals surface area contributed by atoms with E-state index in [0.717, 1.165) is 10.9 Å². The lowest BCUT2D eigenvalue weighted by atomic mass is 10.2. The normalized spacial score (nSPS) is 10.1. The van der Waals surface area contributed by atoms with Gasteiger partial charge in [0.15, 0.2) is 6.61 Å². The number of fused-ring (bicyclic) bond motifs is 1. The van der Waals surface area contributed by atoms with Crippen LogP contribution in [0.25, 0.3) is 10.9 Å². The number of benzene rings is 1. The largest absolute Gasteiger partial charge is 0.482 e. The van der Waals surface area contributed by atoms with Crippen LogP contribution in [0.2, 0.25) is 0 Å². The Balaban J connectivity index is 1.94. The number of para-hydroxylation sites is 1. The smallest absolute Gasteiger partial charge is 0.322 e. The van der Waals surface area contributed by atoms with Gasteiger partial charge >= 0.3 is 5.97 Å². The first-order chi connectivity index (χ1) is 9.15. The summed E-state index contributed by atoms with van der Waals surface area (Å²) in [5.74, 6) is -1.12. The molecular weight excluding hydrogens is 248 g/mol. The molecule has 0 aliphatic carbocycles. The molecule has 2 N–H and O–H groups in total. The highest BCUT2D eigenvalue weighted by atomic mass is 16.5. The molecule has 1 aromatic carbocycles. The van der Waals surface area contributed by atoms with Gasteiger partial charge in [-0.15, -0.1) is 0 Å². The molecule has 0 aliphatic heterocycles. The summed E-state index contributed by atoms with van der Waals surface area (Å²) in [6.07, 6.45) is 1.52. The van der Waals surface area contributed by atoms with Gasteiger partial charge in [-0.25, -0.2) is 0 Å². The van der Waals surface area contributed by atoms with E-state index in [1.165, 1.54) is 6.20 Å². The summed E-state index contributed by atoms with van der Waals surface area (Å²) in [6.45, 7) is -0.661. The first-order valence-electron chi connectivity index (χ1n) is 5.61. The Kier molecular flexibility index (Phi) is 3.92. The Morgan fingerprint density at radius 2 is 2.11 bits per heavy atom. The Morgan fingerprint density at radius 1 is 1.32 bits per heavy atom. The van der Waals surface area contributed by atoms with Crippen molar-refractivity contribution < 1.29 is 19.4 Å². The monoisotopic (exact) mass is 260 g/mol. The maximum absolute atomic E-state index is 11.3. The van der Waals surface area contributed by atoms with Gasteiger partial charge < -0.3 is 15.2 Å². The molecule has 6 heteroatoms. The molecule has 19 heavy (non-hydrogen) atoms. The Bertz CT molecular complexity index is 612. The highest BCUT2D eigenvalue weighted by molar-refractivity contribution is 5.82. The number of hydrogen-bond acceptors (Lipinski definition) is 4. The van der Waals surface area contributed by atoms with Gasteiger partial charge in [0, 0.05) is 5.39 Å². The first-order valence-corrected chi connectivity index (χ1v) is 5.61. The molecule has 0 saturated carbocycles. The quantitative estimate of drug-likeness (QED) is 0.830. The third-order valence-electron chi connectivity index (χ3n) is 2.37. The van der Waals surface area contributed by atoms with Gasteiger partial charge in [0.1, 0.15) is 12.3 Å². The highest BCUT2D eigenvalue weighted by Gasteiger charge is 2.05. The van der Waals surface area contributed by atoms with Crippen molar-refractivity contribution in [2.45, 2.75) is 0 Å². The number of carboxylic acid groups (broad SMARTS) is 1. The van der Waals surface area contributed by atoms with Crippen molar-refractivity contribution in [3.8, 4) is 5.75 Å². The van der Waals surface area contributed by atoms with Crippen LogP contribution < -0.4 is 10.1 Å². The number of rotatable bonds is 5. The van der Waals surface area contributed by atoms with E-state index in [1.807, 2.05) is 24.3 Å². The fourth-order valence-corrected chi connectivity index (χ4v) is 1.50. The minimum Gasteiger partial charge on any atom is -0.482 e. The number of hydrogen-bond donors (Lipinski definition) is 2. The zero-order valence-electron chi connectivity index (χ0n) is 10.00. The van der Waals surface area contributed by atoms with Crippen molar-refractivity contribution in [3.63, 3.8) is 0 Å². The van der Waals surface area contributed by atoms with Crippen molar-refractivity contribution in [1.82, 2.24) is 10.3 Å². The zero-order valence-corrected chi connectivity index (χ0v) is 10.00. The number of aliphatic carboxylic acids is 1. The van der Waals surface area contributed by atoms with Crippen LogP contribution in [-0.4, -0.2) is 35.1 Å². The number of amides is 1. The molecule has 2 rings (SSSR count). The summed E-state index contributed by atoms with van der Waals surface area (Å²) in [7, 11) is 0. The molecular formula is C13H12N2O4. The summed E-state index contributed by atoms with van der Waals surface area (Å²) in [5, 5.41) is 11.5. The zero-order chi connectivity index (χ0) is 13.7. The van der Waals surface area contributed by atoms with E-state index in [4.69, 9.17) is 9.84 Å². The van der Waals surface area contributed by atoms with Crippen LogP contribution in [0.15, 0.2) is 36.5 Å². The number of carbonyl (C=O) groups excluding carboxylic acids is 1. The second kappa shape index (κ2) is 5.81. The third-order valence-corrected chi connectivity index (χ3v) is 2.37. The van der Waals surface area contributed by atoms with Crippen LogP contribution in [0.5, 0.6) is 5.75 Å². The molecule has 0 saturated heterocycles. The molecule has 0 unspecified atom stereocenters. The van der Waals surface area contributed by atoms with E-state index in [9.17, 15) is 9.59 Å². The standard InChI is InChI=1S/C13H12N2O4/c16-12(15-7-13(17)18)8-19-10-5-9-3-1-2-4-11(9)14-6-10/h1-6H,7-8H2,(H,15,16)(H,17,18). The highest BCUT2D eigenvalue weighted by Crippen LogP contribution is 2.17. The molecule has 1 aromatic heterocycles. The van der Waals surface area contributed by atoms with Gasteiger partial charge in [0.2, 0.25) is 0 Å². The minimum absolute atomic E-state index is 0.243. The minimum atomic E-state index is -1.10. The van der Waals surface area contributed by atoms with Crippen molar-refractivity contribution in [1.29, 1.82) is 0 Å². The number of nitrogens with one attached hydrogen (secondary N) is 1. The number of nitrogens with zero attached hydrogens (tertiary/aromatic N) is 1. The molecule has 0 bridgehead atoms. The van der Waals surface area contributed by atoms with Gasteiger partial charge in [-0.05, 0) is 12.1 Å². The van der Waals surface area contributed by atoms with Crippen LogP contribution in [0.4, 0.5) is 0 Å². The van der Waals surface area contributed by atoms with E-state index in [1.54, 1.807) is 6.07 Å². The van der Waals surface area contributed by atoms with Crippen LogP contribution >= 0.6 is 0 Å². The van der Waals surface area contributed by atoms with Crippen LogP contribution in [0, 0.1) is 0 Å². The number of carbonyl (C=O) groups is 2. The van der Waals surface area contributed by atoms with Gasteiger partial charge in [-0.2, -0.15) is 0 Å². The Labute approximate surface area is 109 Å². The predicted octanol–water partition coefficient (Wildman–Crippen LogP) is 0.814. The predicted molar refractivity (Wildman–Crippen MR) is 67.9 cm³/mol. The third kappa shape index (κ3) is 3.67. The van der Waals surface area contributed by atoms with Crippen LogP contribution in [0.3, 0.4) is 0 Å². The lowest BCUT2D eigenvalue weighted by Crippen LogP contribution is -2.33. The number of carboxylic acids is 1. The topological polar surface area (TPSA) is 88.5 Å². The summed E-state index contributed by atoms with van der Waals surface area (Å²) in [5.41, 5.74) is 0.838. The van der Waals surface area contributed by atoms with Crippen molar-refractivity contribution in [2.75, 3.05) is 13.2 Å². The van der Waals surface area contributed by atoms with Gasteiger partial charge in [-0.1, -0.05) is 18.2 Å². The molecule has 0 fully saturated rings. The number of aromatic nitrogens is 1. The molecule has 6 nitrogen and oxygen atoms in total. The van der Waals surface area contributed by atoms with Crippen molar-refractivity contribution >= 4 is 22.8 Å². The maximum atomic E-state index is 11.3. The maximum Gasteiger partial charge on any atom is 0.322 e. The van der Waals surface area contributed by atoms with Crippen LogP contribution in [0.1, 0.15) is 0 Å². The van der Waals surface area contributed by atoms with Crippen molar-refractivity contribution in [3.05, 3.63) is 36.5 Å². The van der Waals surface area contributed by atoms with Gasteiger partial charge in [0.05, 0.1) is 11.7 Å². The first kappa shape index (κ1) is 12.8. The lowest BCUT2D eigenvalue weighted by molar-refractivity contribution is -0.138. The van der Waals surface area contributed by atoms with Gasteiger partial charge in [0.25, 0.3) is 5.91 Å². The molecule has 2 aromatic rings. The molecule has 0 aliphatic rings. The van der Waals surface area contributed by atoms with E-state index < -0.39 is 18.4 Å². The fourth-order valence-electron chi connectivity index (χ4n) is 1.50. The summed E-state index contributed by atoms with van der Waals surface area (Å²) in [4.78, 5) is 25.7. The summed E-state index contributed by atoms with van der Waals surface area (Å²) < 4.78 is 5.24. The summed E-state index contributed by atoms with van der Waals surface area (Å²) in [6, 6.07) is 9.30. The summed E-state index contributed by atoms with van der Waals surface area (Å²) >= 11 is 0. The average molecular weight is 260 g/mol. The van der Waals surface area contributed by atoms with E-state index in [0.29, 0.717) is 5.75 Å². The fraction of sp³-hybridized carbons (Fsp3) is 0.154. The molecule has 1 heterocycles. The second-order valence-corrected chi connectivity index (χ2v) is 3.82. The molecule has 0 atom stereocenters. The van der Waals surface area contributed by atoms with Crippen molar-refractivity contribution in [2.24, 2.45) is 0 Å². The lowest BCUT2D eigenvalue weighted by Gasteiger charge is -2.06. The van der Waals surface area contributed by atoms with Gasteiger partial charge in [-0.3, -0.25) is 14.6 Å². The SMILES string of the molecule is O=C(O)CNC(=O)COc1cnc2ccccc2c1. The number of ether oxygens (including phenoxy) is 1. The molecule has 0 spiro atoms. The van der Waals surface area contributed by atoms with E-state index in [-0.39, 0.29) is 6.61 Å². The van der Waals surface area contributed by atoms with E-state index >= 15 is 0 Å². The number of pyridine rings is 1. The second-order valence-electron chi connectivity index (χ2n) is 3.82. The van der Waals surface area contributed by atoms with E-state index in [2.05, 4.69) is 10.3 Å².